The molecule has 19 heavy (non-hydrogen) atoms. The first-order chi connectivity index (χ1) is 9.16. The molecule has 0 bridgehead atoms. The Bertz CT molecular complexity index is 640. The third-order valence-corrected chi connectivity index (χ3v) is 3.61. The van der Waals surface area contributed by atoms with Gasteiger partial charge >= 0.3 is 0 Å². The molecule has 0 saturated carbocycles. The highest BCUT2D eigenvalue weighted by molar-refractivity contribution is 6.01. The molecule has 1 aliphatic rings. The molecule has 1 unspecified atom stereocenters. The number of amides is 1. The van der Waals surface area contributed by atoms with E-state index >= 15 is 0 Å². The number of fused-ring (bicyclic) bond motifs is 1. The van der Waals surface area contributed by atoms with Crippen LogP contribution in [0, 0.1) is 0 Å². The molecule has 1 saturated heterocycles. The number of rotatable bonds is 2. The summed E-state index contributed by atoms with van der Waals surface area (Å²) in [4.78, 5) is 17.8. The number of nitrogen functional groups attached to an aromatic ring is 1. The molecule has 1 aliphatic heterocycles. The van der Waals surface area contributed by atoms with E-state index in [-0.39, 0.29) is 11.9 Å². The van der Waals surface area contributed by atoms with Crippen molar-refractivity contribution in [1.29, 1.82) is 0 Å². The molecule has 0 aliphatic carbocycles. The van der Waals surface area contributed by atoms with E-state index in [2.05, 4.69) is 10.3 Å². The Hall–Kier alpha value is -2.30. The van der Waals surface area contributed by atoms with E-state index in [9.17, 15) is 4.79 Å². The maximum absolute atomic E-state index is 11.9. The van der Waals surface area contributed by atoms with Crippen LogP contribution in [-0.4, -0.2) is 35.4 Å². The Kier molecular flexibility index (Phi) is 2.74. The number of pyridine rings is 1. The minimum atomic E-state index is -0.148. The molecule has 2 heterocycles. The molecule has 0 spiro atoms. The fourth-order valence-corrected chi connectivity index (χ4v) is 2.48. The summed E-state index contributed by atoms with van der Waals surface area (Å²) < 4.78 is 0. The van der Waals surface area contributed by atoms with Gasteiger partial charge in [0.15, 0.2) is 0 Å². The third kappa shape index (κ3) is 1.97. The van der Waals surface area contributed by atoms with Gasteiger partial charge in [0.2, 0.25) is 5.91 Å². The number of hydrogen-bond acceptors (Lipinski definition) is 4. The number of carbonyl (C=O) groups excluding carboxylic acids is 1. The zero-order valence-electron chi connectivity index (χ0n) is 10.8. The number of hydrogen-bond donors (Lipinski definition) is 2. The zero-order chi connectivity index (χ0) is 13.4. The molecule has 5 nitrogen and oxygen atoms in total. The van der Waals surface area contributed by atoms with Gasteiger partial charge in [-0.3, -0.25) is 9.78 Å². The summed E-state index contributed by atoms with van der Waals surface area (Å²) in [7, 11) is 1.83. The van der Waals surface area contributed by atoms with Crippen LogP contribution in [-0.2, 0) is 4.79 Å². The van der Waals surface area contributed by atoms with Crippen LogP contribution in [0.15, 0.2) is 30.6 Å². The van der Waals surface area contributed by atoms with Crippen LogP contribution in [0.1, 0.15) is 6.42 Å². The minimum absolute atomic E-state index is 0.138. The first-order valence-electron chi connectivity index (χ1n) is 6.30. The van der Waals surface area contributed by atoms with Gasteiger partial charge in [-0.15, -0.1) is 0 Å². The van der Waals surface area contributed by atoms with Gasteiger partial charge in [-0.25, -0.2) is 0 Å². The normalized spacial score (nSPS) is 19.1. The van der Waals surface area contributed by atoms with Gasteiger partial charge in [-0.05, 0) is 24.6 Å². The van der Waals surface area contributed by atoms with Crippen molar-refractivity contribution < 1.29 is 4.79 Å². The number of nitrogens with zero attached hydrogens (tertiary/aromatic N) is 2. The van der Waals surface area contributed by atoms with Gasteiger partial charge in [0, 0.05) is 48.1 Å². The number of likely N-dealkylation sites (N-methyl/N-ethyl adjacent to an activating group) is 1. The lowest BCUT2D eigenvalue weighted by atomic mass is 10.1. The standard InChI is InChI=1S/C14H16N4O/c1-18-7-5-13(14(18)19)17-12-3-2-11(15)10-8-16-6-4-9(10)12/h2-4,6,8,13,17H,5,7,15H2,1H3. The van der Waals surface area contributed by atoms with Crippen LogP contribution < -0.4 is 11.1 Å². The summed E-state index contributed by atoms with van der Waals surface area (Å²) in [5.74, 6) is 0.138. The number of nitrogens with two attached hydrogens (primary N) is 1. The maximum Gasteiger partial charge on any atom is 0.244 e. The Morgan fingerprint density at radius 2 is 2.21 bits per heavy atom. The molecule has 2 aromatic rings. The SMILES string of the molecule is CN1CCC(Nc2ccc(N)c3cnccc23)C1=O. The zero-order valence-corrected chi connectivity index (χ0v) is 10.8. The summed E-state index contributed by atoms with van der Waals surface area (Å²) in [6.45, 7) is 0.797. The van der Waals surface area contributed by atoms with Crippen LogP contribution in [0.25, 0.3) is 10.8 Å². The van der Waals surface area contributed by atoms with Crippen molar-refractivity contribution >= 4 is 28.1 Å². The highest BCUT2D eigenvalue weighted by Crippen LogP contribution is 2.28. The lowest BCUT2D eigenvalue weighted by Gasteiger charge is -2.16. The second kappa shape index (κ2) is 4.42. The topological polar surface area (TPSA) is 71.2 Å². The summed E-state index contributed by atoms with van der Waals surface area (Å²) >= 11 is 0. The number of carbonyl (C=O) groups is 1. The average molecular weight is 256 g/mol. The second-order valence-corrected chi connectivity index (χ2v) is 4.87. The predicted molar refractivity (Wildman–Crippen MR) is 75.8 cm³/mol. The molecule has 1 amide bonds. The summed E-state index contributed by atoms with van der Waals surface area (Å²) in [5, 5.41) is 5.22. The Morgan fingerprint density at radius 1 is 1.37 bits per heavy atom. The van der Waals surface area contributed by atoms with Crippen molar-refractivity contribution in [2.45, 2.75) is 12.5 Å². The molecule has 1 aromatic carbocycles. The van der Waals surface area contributed by atoms with Gasteiger partial charge in [0.05, 0.1) is 0 Å². The van der Waals surface area contributed by atoms with Gasteiger partial charge in [0.1, 0.15) is 6.04 Å². The number of likely N-dealkylation sites (tertiary alicyclic amines) is 1. The predicted octanol–water partition coefficient (Wildman–Crippen LogP) is 1.46. The highest BCUT2D eigenvalue weighted by Gasteiger charge is 2.29. The second-order valence-electron chi connectivity index (χ2n) is 4.87. The minimum Gasteiger partial charge on any atom is -0.398 e. The van der Waals surface area contributed by atoms with Crippen LogP contribution in [0.5, 0.6) is 0 Å². The monoisotopic (exact) mass is 256 g/mol. The van der Waals surface area contributed by atoms with E-state index in [0.717, 1.165) is 29.4 Å². The molecule has 98 valence electrons. The Labute approximate surface area is 111 Å². The maximum atomic E-state index is 11.9. The molecule has 5 heteroatoms. The average Bonchev–Trinajstić information content (AvgIpc) is 2.74. The van der Waals surface area contributed by atoms with Crippen molar-refractivity contribution in [3.63, 3.8) is 0 Å². The number of nitrogens with one attached hydrogen (secondary N) is 1. The van der Waals surface area contributed by atoms with Gasteiger partial charge in [-0.1, -0.05) is 0 Å². The van der Waals surface area contributed by atoms with Crippen LogP contribution >= 0.6 is 0 Å². The quantitative estimate of drug-likeness (QED) is 0.798. The molecule has 0 radical (unpaired) electrons. The first kappa shape index (κ1) is 11.8. The van der Waals surface area contributed by atoms with Gasteiger partial charge < -0.3 is 16.0 Å². The summed E-state index contributed by atoms with van der Waals surface area (Å²) in [6.07, 6.45) is 4.31. The van der Waals surface area contributed by atoms with Crippen LogP contribution in [0.3, 0.4) is 0 Å². The van der Waals surface area contributed by atoms with Crippen molar-refractivity contribution in [3.05, 3.63) is 30.6 Å². The number of anilines is 2. The molecule has 3 N–H and O–H groups in total. The summed E-state index contributed by atoms with van der Waals surface area (Å²) in [6, 6.07) is 5.53. The van der Waals surface area contributed by atoms with E-state index in [1.807, 2.05) is 25.2 Å². The smallest absolute Gasteiger partial charge is 0.244 e. The van der Waals surface area contributed by atoms with Gasteiger partial charge in [-0.2, -0.15) is 0 Å². The molecular formula is C14H16N4O. The van der Waals surface area contributed by atoms with E-state index in [0.29, 0.717) is 5.69 Å². The van der Waals surface area contributed by atoms with E-state index in [1.165, 1.54) is 0 Å². The molecule has 1 aromatic heterocycles. The third-order valence-electron chi connectivity index (χ3n) is 3.61. The van der Waals surface area contributed by atoms with Crippen molar-refractivity contribution in [1.82, 2.24) is 9.88 Å². The van der Waals surface area contributed by atoms with Crippen LogP contribution in [0.4, 0.5) is 11.4 Å². The fourth-order valence-electron chi connectivity index (χ4n) is 2.48. The van der Waals surface area contributed by atoms with Crippen LogP contribution in [0.2, 0.25) is 0 Å². The van der Waals surface area contributed by atoms with E-state index in [1.54, 1.807) is 17.3 Å². The summed E-state index contributed by atoms with van der Waals surface area (Å²) in [5.41, 5.74) is 7.57. The fraction of sp³-hybridized carbons (Fsp3) is 0.286. The van der Waals surface area contributed by atoms with Crippen molar-refractivity contribution in [2.24, 2.45) is 0 Å². The lowest BCUT2D eigenvalue weighted by molar-refractivity contribution is -0.127. The van der Waals surface area contributed by atoms with Crippen molar-refractivity contribution in [3.8, 4) is 0 Å². The Morgan fingerprint density at radius 3 is 2.95 bits per heavy atom. The molecule has 1 fully saturated rings. The molecular weight excluding hydrogens is 240 g/mol. The highest BCUT2D eigenvalue weighted by atomic mass is 16.2. The lowest BCUT2D eigenvalue weighted by Crippen LogP contribution is -2.30. The largest absolute Gasteiger partial charge is 0.398 e. The number of aromatic nitrogens is 1. The molecule has 1 atom stereocenters. The first-order valence-corrected chi connectivity index (χ1v) is 6.30. The van der Waals surface area contributed by atoms with Crippen molar-refractivity contribution in [2.75, 3.05) is 24.6 Å². The van der Waals surface area contributed by atoms with E-state index in [4.69, 9.17) is 5.73 Å². The Balaban J connectivity index is 1.98. The number of benzene rings is 1. The van der Waals surface area contributed by atoms with E-state index < -0.39 is 0 Å². The molecule has 3 rings (SSSR count). The van der Waals surface area contributed by atoms with Gasteiger partial charge in [0.25, 0.3) is 0 Å².